The maximum Gasteiger partial charge on any atom is 0.293 e. The molecule has 2 saturated heterocycles. The summed E-state index contributed by atoms with van der Waals surface area (Å²) < 4.78 is 41.4. The lowest BCUT2D eigenvalue weighted by Crippen LogP contribution is -2.46. The van der Waals surface area contributed by atoms with E-state index >= 15 is 0 Å². The van der Waals surface area contributed by atoms with Crippen molar-refractivity contribution in [1.82, 2.24) is 9.62 Å². The van der Waals surface area contributed by atoms with E-state index in [-0.39, 0.29) is 22.9 Å². The van der Waals surface area contributed by atoms with Crippen LogP contribution in [0.15, 0.2) is 132 Å². The first-order chi connectivity index (χ1) is 29.1. The topological polar surface area (TPSA) is 143 Å². The van der Waals surface area contributed by atoms with Gasteiger partial charge in [-0.3, -0.25) is 19.8 Å². The van der Waals surface area contributed by atoms with Gasteiger partial charge in [0.2, 0.25) is 0 Å². The zero-order chi connectivity index (χ0) is 41.6. The van der Waals surface area contributed by atoms with Crippen molar-refractivity contribution >= 4 is 55.4 Å². The lowest BCUT2D eigenvalue weighted by atomic mass is 9.99. The van der Waals surface area contributed by atoms with E-state index in [2.05, 4.69) is 38.0 Å². The number of fused-ring (bicyclic) bond motifs is 1. The van der Waals surface area contributed by atoms with Crippen molar-refractivity contribution in [2.45, 2.75) is 24.3 Å². The maximum absolute atomic E-state index is 14.0. The fourth-order valence-corrected chi connectivity index (χ4v) is 8.89. The number of amides is 1. The Kier molecular flexibility index (Phi) is 12.3. The third-order valence-electron chi connectivity index (χ3n) is 11.1. The van der Waals surface area contributed by atoms with Crippen LogP contribution in [-0.4, -0.2) is 70.1 Å². The number of piperazine rings is 1. The van der Waals surface area contributed by atoms with Crippen LogP contribution in [-0.2, 0) is 21.3 Å². The molecule has 6 aromatic rings. The molecule has 2 aliphatic heterocycles. The third-order valence-corrected chi connectivity index (χ3v) is 12.7. The van der Waals surface area contributed by atoms with Gasteiger partial charge in [-0.1, -0.05) is 84.4 Å². The third kappa shape index (κ3) is 9.40. The number of hydrogen-bond donors (Lipinski definition) is 2. The number of nitro benzene ring substituents is 1. The van der Waals surface area contributed by atoms with Gasteiger partial charge in [-0.25, -0.2) is 13.1 Å². The maximum atomic E-state index is 14.0. The average Bonchev–Trinajstić information content (AvgIpc) is 3.26. The molecule has 0 saturated carbocycles. The average molecular weight is 846 g/mol. The SMILES string of the molecule is O=C(NS(=O)(=O)c1ccc(NCC2CCOCC2)c([N+](=O)[O-])c1)c1ccc(N2CCN(Cc3ccccc3-c3ccc(Cl)cc3)CC2)cc1Oc1cccc2ccccc12. The number of nitrogens with one attached hydrogen (secondary N) is 2. The van der Waals surface area contributed by atoms with E-state index in [9.17, 15) is 23.3 Å². The van der Waals surface area contributed by atoms with Gasteiger partial charge in [0.1, 0.15) is 17.2 Å². The highest BCUT2D eigenvalue weighted by atomic mass is 35.5. The zero-order valence-electron chi connectivity index (χ0n) is 32.8. The van der Waals surface area contributed by atoms with Crippen molar-refractivity contribution in [3.05, 3.63) is 154 Å². The lowest BCUT2D eigenvalue weighted by Gasteiger charge is -2.36. The minimum Gasteiger partial charge on any atom is -0.456 e. The Bertz CT molecular complexity index is 2620. The summed E-state index contributed by atoms with van der Waals surface area (Å²) in [7, 11) is -4.55. The number of nitro groups is 1. The van der Waals surface area contributed by atoms with E-state index in [0.29, 0.717) is 43.6 Å². The van der Waals surface area contributed by atoms with Gasteiger partial charge in [-0.2, -0.15) is 0 Å². The Morgan fingerprint density at radius 2 is 1.57 bits per heavy atom. The van der Waals surface area contributed by atoms with Gasteiger partial charge in [-0.05, 0) is 83.3 Å². The number of hydrogen-bond acceptors (Lipinski definition) is 10. The van der Waals surface area contributed by atoms with E-state index < -0.39 is 31.4 Å². The van der Waals surface area contributed by atoms with E-state index in [1.807, 2.05) is 66.7 Å². The van der Waals surface area contributed by atoms with E-state index in [1.54, 1.807) is 24.3 Å². The van der Waals surface area contributed by atoms with Crippen molar-refractivity contribution < 1.29 is 27.6 Å². The summed E-state index contributed by atoms with van der Waals surface area (Å²) in [6.45, 7) is 5.48. The summed E-state index contributed by atoms with van der Waals surface area (Å²) in [5.41, 5.74) is 4.07. The molecule has 8 rings (SSSR count). The monoisotopic (exact) mass is 845 g/mol. The fraction of sp³-hybridized carbons (Fsp3) is 0.239. The first-order valence-corrected chi connectivity index (χ1v) is 21.8. The van der Waals surface area contributed by atoms with E-state index in [0.717, 1.165) is 66.1 Å². The number of halogens is 1. The first kappa shape index (κ1) is 40.8. The molecule has 6 aromatic carbocycles. The van der Waals surface area contributed by atoms with Gasteiger partial charge in [0.15, 0.2) is 0 Å². The molecule has 12 nitrogen and oxygen atoms in total. The molecule has 2 fully saturated rings. The Balaban J connectivity index is 1.02. The fourth-order valence-electron chi connectivity index (χ4n) is 7.78. The quantitative estimate of drug-likeness (QED) is 0.0854. The van der Waals surface area contributed by atoms with Crippen molar-refractivity contribution in [3.63, 3.8) is 0 Å². The van der Waals surface area contributed by atoms with E-state index in [1.165, 1.54) is 17.7 Å². The predicted octanol–water partition coefficient (Wildman–Crippen LogP) is 9.14. The molecule has 1 amide bonds. The summed E-state index contributed by atoms with van der Waals surface area (Å²) in [5, 5.41) is 17.6. The smallest absolute Gasteiger partial charge is 0.293 e. The molecule has 0 unspecified atom stereocenters. The number of rotatable bonds is 13. The predicted molar refractivity (Wildman–Crippen MR) is 235 cm³/mol. The summed E-state index contributed by atoms with van der Waals surface area (Å²) >= 11 is 6.16. The molecule has 0 radical (unpaired) electrons. The molecule has 308 valence electrons. The van der Waals surface area contributed by atoms with Crippen molar-refractivity contribution in [2.75, 3.05) is 56.2 Å². The molecule has 60 heavy (non-hydrogen) atoms. The van der Waals surface area contributed by atoms with Crippen molar-refractivity contribution in [1.29, 1.82) is 0 Å². The number of nitrogens with zero attached hydrogens (tertiary/aromatic N) is 3. The number of sulfonamides is 1. The molecule has 0 atom stereocenters. The highest BCUT2D eigenvalue weighted by Gasteiger charge is 2.27. The van der Waals surface area contributed by atoms with E-state index in [4.69, 9.17) is 21.1 Å². The first-order valence-electron chi connectivity index (χ1n) is 19.9. The number of carbonyl (C=O) groups excluding carboxylic acids is 1. The van der Waals surface area contributed by atoms with Crippen LogP contribution in [0.4, 0.5) is 17.1 Å². The highest BCUT2D eigenvalue weighted by Crippen LogP contribution is 2.36. The van der Waals surface area contributed by atoms with Crippen LogP contribution < -0.4 is 19.7 Å². The highest BCUT2D eigenvalue weighted by molar-refractivity contribution is 7.90. The van der Waals surface area contributed by atoms with Gasteiger partial charge in [0.25, 0.3) is 21.6 Å². The minimum atomic E-state index is -4.55. The molecule has 0 spiro atoms. The molecular weight excluding hydrogens is 802 g/mol. The summed E-state index contributed by atoms with van der Waals surface area (Å²) in [4.78, 5) is 29.6. The second kappa shape index (κ2) is 18.1. The summed E-state index contributed by atoms with van der Waals surface area (Å²) in [6, 6.07) is 38.2. The Labute approximate surface area is 353 Å². The molecule has 14 heteroatoms. The van der Waals surface area contributed by atoms with Gasteiger partial charge in [0, 0.05) is 80.7 Å². The lowest BCUT2D eigenvalue weighted by molar-refractivity contribution is -0.384. The van der Waals surface area contributed by atoms with Crippen molar-refractivity contribution in [2.24, 2.45) is 5.92 Å². The second-order valence-corrected chi connectivity index (χ2v) is 17.1. The standard InChI is InChI=1S/C46H44ClN5O7S/c47-36-14-12-34(13-15-36)39-9-3-2-7-35(39)31-50-22-24-51(25-23-50)37-16-18-41(45(28-37)59-44-11-5-8-33-6-1-4-10-40(33)44)46(53)49-60(56,57)38-17-19-42(43(29-38)52(54)55)48-30-32-20-26-58-27-21-32/h1-19,28-29,32,48H,20-27,30-31H2,(H,49,53). The van der Waals surface area contributed by atoms with Crippen molar-refractivity contribution in [3.8, 4) is 22.6 Å². The normalized spacial score (nSPS) is 15.1. The Morgan fingerprint density at radius 3 is 2.35 bits per heavy atom. The number of anilines is 2. The molecule has 2 aliphatic rings. The largest absolute Gasteiger partial charge is 0.456 e. The molecular formula is C46H44ClN5O7S. The van der Waals surface area contributed by atoms with Crippen LogP contribution in [0.25, 0.3) is 21.9 Å². The van der Waals surface area contributed by atoms with Gasteiger partial charge < -0.3 is 19.7 Å². The Morgan fingerprint density at radius 1 is 0.833 bits per heavy atom. The number of carbonyl (C=O) groups is 1. The van der Waals surface area contributed by atoms with Crippen LogP contribution in [0.2, 0.25) is 5.02 Å². The second-order valence-electron chi connectivity index (χ2n) is 15.0. The molecule has 0 aliphatic carbocycles. The van der Waals surface area contributed by atoms with Crippen LogP contribution >= 0.6 is 11.6 Å². The van der Waals surface area contributed by atoms with Gasteiger partial charge >= 0.3 is 0 Å². The molecule has 0 bridgehead atoms. The minimum absolute atomic E-state index is 0.0167. The van der Waals surface area contributed by atoms with Crippen LogP contribution in [0.1, 0.15) is 28.8 Å². The van der Waals surface area contributed by atoms with Crippen LogP contribution in [0.3, 0.4) is 0 Å². The molecule has 0 aromatic heterocycles. The van der Waals surface area contributed by atoms with Crippen LogP contribution in [0.5, 0.6) is 11.5 Å². The number of benzene rings is 6. The Hall–Kier alpha value is -5.99. The summed E-state index contributed by atoms with van der Waals surface area (Å²) in [6.07, 6.45) is 1.65. The molecule has 2 N–H and O–H groups in total. The molecule has 2 heterocycles. The van der Waals surface area contributed by atoms with Crippen LogP contribution in [0, 0.1) is 16.0 Å². The number of ether oxygens (including phenoxy) is 2. The zero-order valence-corrected chi connectivity index (χ0v) is 34.3. The van der Waals surface area contributed by atoms with Gasteiger partial charge in [-0.15, -0.1) is 0 Å². The van der Waals surface area contributed by atoms with Gasteiger partial charge in [0.05, 0.1) is 15.4 Å². The summed E-state index contributed by atoms with van der Waals surface area (Å²) in [5.74, 6) is -0.0116.